The molecule has 0 aliphatic carbocycles. The topological polar surface area (TPSA) is 111 Å². The van der Waals surface area contributed by atoms with E-state index in [1.165, 1.54) is 24.3 Å². The van der Waals surface area contributed by atoms with E-state index in [4.69, 9.17) is 0 Å². The van der Waals surface area contributed by atoms with E-state index in [9.17, 15) is 23.6 Å². The summed E-state index contributed by atoms with van der Waals surface area (Å²) in [6.45, 7) is 3.93. The van der Waals surface area contributed by atoms with Gasteiger partial charge in [-0.25, -0.2) is 9.18 Å². The number of hydrogen-bond donors (Lipinski definition) is 3. The fourth-order valence-electron chi connectivity index (χ4n) is 4.52. The van der Waals surface area contributed by atoms with Crippen molar-refractivity contribution in [3.8, 4) is 0 Å². The van der Waals surface area contributed by atoms with Gasteiger partial charge in [0, 0.05) is 49.7 Å². The molecule has 0 bridgehead atoms. The van der Waals surface area contributed by atoms with E-state index in [0.717, 1.165) is 17.7 Å². The molecule has 2 aliphatic heterocycles. The summed E-state index contributed by atoms with van der Waals surface area (Å²) in [5.41, 5.74) is 2.68. The minimum absolute atomic E-state index is 0.0913. The van der Waals surface area contributed by atoms with Crippen molar-refractivity contribution >= 4 is 40.8 Å². The third-order valence-corrected chi connectivity index (χ3v) is 6.57. The number of likely N-dealkylation sites (tertiary alicyclic amines) is 1. The quantitative estimate of drug-likeness (QED) is 0.553. The van der Waals surface area contributed by atoms with Gasteiger partial charge in [-0.05, 0) is 80.1 Å². The SMILES string of the molecule is Cc1cc(NC(=O)C(=O)NCC2CCN(C(=O)Nc3ccc(F)cc3)CC2)ccc1N1CCCC1=O. The van der Waals surface area contributed by atoms with Crippen LogP contribution < -0.4 is 20.9 Å². The summed E-state index contributed by atoms with van der Waals surface area (Å²) in [6, 6.07) is 10.5. The van der Waals surface area contributed by atoms with E-state index in [2.05, 4.69) is 16.0 Å². The summed E-state index contributed by atoms with van der Waals surface area (Å²) >= 11 is 0. The zero-order chi connectivity index (χ0) is 25.7. The average Bonchev–Trinajstić information content (AvgIpc) is 3.29. The van der Waals surface area contributed by atoms with Crippen molar-refractivity contribution < 1.29 is 23.6 Å². The number of rotatable bonds is 5. The lowest BCUT2D eigenvalue weighted by Crippen LogP contribution is -2.44. The number of piperidine rings is 1. The largest absolute Gasteiger partial charge is 0.348 e. The van der Waals surface area contributed by atoms with Crippen LogP contribution in [-0.2, 0) is 14.4 Å². The number of carbonyl (C=O) groups is 4. The van der Waals surface area contributed by atoms with Gasteiger partial charge in [0.2, 0.25) is 5.91 Å². The third-order valence-electron chi connectivity index (χ3n) is 6.57. The van der Waals surface area contributed by atoms with Crippen molar-refractivity contribution in [1.82, 2.24) is 10.2 Å². The average molecular weight is 496 g/mol. The number of aryl methyl sites for hydroxylation is 1. The molecular formula is C26H30FN5O4. The molecule has 0 unspecified atom stereocenters. The van der Waals surface area contributed by atoms with Crippen LogP contribution in [-0.4, -0.2) is 54.8 Å². The maximum absolute atomic E-state index is 13.0. The highest BCUT2D eigenvalue weighted by molar-refractivity contribution is 6.39. The summed E-state index contributed by atoms with van der Waals surface area (Å²) in [6.07, 6.45) is 2.75. The Morgan fingerprint density at radius 3 is 2.28 bits per heavy atom. The normalized spacial score (nSPS) is 16.1. The first kappa shape index (κ1) is 25.2. The van der Waals surface area contributed by atoms with Crippen LogP contribution in [0.15, 0.2) is 42.5 Å². The molecule has 9 nitrogen and oxygen atoms in total. The number of benzene rings is 2. The van der Waals surface area contributed by atoms with Gasteiger partial charge in [-0.15, -0.1) is 0 Å². The fraction of sp³-hybridized carbons (Fsp3) is 0.385. The third kappa shape index (κ3) is 6.18. The first-order chi connectivity index (χ1) is 17.3. The van der Waals surface area contributed by atoms with E-state index >= 15 is 0 Å². The zero-order valence-corrected chi connectivity index (χ0v) is 20.2. The van der Waals surface area contributed by atoms with Gasteiger partial charge >= 0.3 is 17.8 Å². The molecule has 0 radical (unpaired) electrons. The summed E-state index contributed by atoms with van der Waals surface area (Å²) in [7, 11) is 0. The van der Waals surface area contributed by atoms with Gasteiger partial charge < -0.3 is 25.8 Å². The molecule has 2 fully saturated rings. The van der Waals surface area contributed by atoms with Gasteiger partial charge in [-0.3, -0.25) is 14.4 Å². The molecule has 2 saturated heterocycles. The van der Waals surface area contributed by atoms with Crippen LogP contribution in [0.3, 0.4) is 0 Å². The van der Waals surface area contributed by atoms with Crippen LogP contribution >= 0.6 is 0 Å². The van der Waals surface area contributed by atoms with Crippen LogP contribution in [0.1, 0.15) is 31.2 Å². The molecule has 190 valence electrons. The molecule has 3 N–H and O–H groups in total. The second kappa shape index (κ2) is 11.2. The molecule has 36 heavy (non-hydrogen) atoms. The first-order valence-corrected chi connectivity index (χ1v) is 12.1. The maximum atomic E-state index is 13.0. The van der Waals surface area contributed by atoms with Crippen molar-refractivity contribution in [2.75, 3.05) is 41.7 Å². The van der Waals surface area contributed by atoms with Crippen LogP contribution in [0.4, 0.5) is 26.2 Å². The van der Waals surface area contributed by atoms with Crippen molar-refractivity contribution in [1.29, 1.82) is 0 Å². The van der Waals surface area contributed by atoms with E-state index in [-0.39, 0.29) is 23.7 Å². The summed E-state index contributed by atoms with van der Waals surface area (Å²) in [4.78, 5) is 52.5. The molecule has 10 heteroatoms. The van der Waals surface area contributed by atoms with E-state index < -0.39 is 11.8 Å². The molecule has 0 spiro atoms. The number of anilines is 3. The van der Waals surface area contributed by atoms with Crippen molar-refractivity contribution in [3.63, 3.8) is 0 Å². The highest BCUT2D eigenvalue weighted by atomic mass is 19.1. The Hall–Kier alpha value is -3.95. The summed E-state index contributed by atoms with van der Waals surface area (Å²) in [5.74, 6) is -1.60. The summed E-state index contributed by atoms with van der Waals surface area (Å²) < 4.78 is 13.0. The number of halogens is 1. The summed E-state index contributed by atoms with van der Waals surface area (Å²) in [5, 5.41) is 8.03. The van der Waals surface area contributed by atoms with Gasteiger partial charge in [0.1, 0.15) is 5.82 Å². The Kier molecular flexibility index (Phi) is 7.82. The Labute approximate surface area is 209 Å². The molecule has 0 saturated carbocycles. The Morgan fingerprint density at radius 1 is 0.944 bits per heavy atom. The minimum Gasteiger partial charge on any atom is -0.348 e. The molecule has 5 amide bonds. The van der Waals surface area contributed by atoms with E-state index in [0.29, 0.717) is 56.8 Å². The number of hydrogen-bond acceptors (Lipinski definition) is 4. The fourth-order valence-corrected chi connectivity index (χ4v) is 4.52. The minimum atomic E-state index is -0.754. The lowest BCUT2D eigenvalue weighted by atomic mass is 9.97. The first-order valence-electron chi connectivity index (χ1n) is 12.1. The Morgan fingerprint density at radius 2 is 1.64 bits per heavy atom. The second-order valence-electron chi connectivity index (χ2n) is 9.18. The number of urea groups is 1. The maximum Gasteiger partial charge on any atom is 0.321 e. The van der Waals surface area contributed by atoms with Crippen molar-refractivity contribution in [3.05, 3.63) is 53.8 Å². The lowest BCUT2D eigenvalue weighted by Gasteiger charge is -2.32. The molecule has 2 heterocycles. The van der Waals surface area contributed by atoms with Gasteiger partial charge in [0.05, 0.1) is 0 Å². The second-order valence-corrected chi connectivity index (χ2v) is 9.18. The lowest BCUT2D eigenvalue weighted by molar-refractivity contribution is -0.136. The van der Waals surface area contributed by atoms with Gasteiger partial charge in [0.25, 0.3) is 0 Å². The number of nitrogens with zero attached hydrogens (tertiary/aromatic N) is 2. The van der Waals surface area contributed by atoms with Crippen LogP contribution in [0.2, 0.25) is 0 Å². The molecule has 2 aromatic rings. The zero-order valence-electron chi connectivity index (χ0n) is 20.2. The number of nitrogens with one attached hydrogen (secondary N) is 3. The Balaban J connectivity index is 1.19. The highest BCUT2D eigenvalue weighted by Crippen LogP contribution is 2.27. The molecule has 2 aliphatic rings. The van der Waals surface area contributed by atoms with Crippen LogP contribution in [0, 0.1) is 18.7 Å². The predicted molar refractivity (Wildman–Crippen MR) is 134 cm³/mol. The number of amides is 5. The standard InChI is InChI=1S/C26H30FN5O4/c1-17-15-21(8-9-22(17)32-12-2-3-23(32)33)29-25(35)24(34)28-16-18-10-13-31(14-11-18)26(36)30-20-6-4-19(27)5-7-20/h4-9,15,18H,2-3,10-14,16H2,1H3,(H,28,34)(H,29,35)(H,30,36). The molecule has 2 aromatic carbocycles. The smallest absolute Gasteiger partial charge is 0.321 e. The van der Waals surface area contributed by atoms with Crippen molar-refractivity contribution in [2.45, 2.75) is 32.6 Å². The van der Waals surface area contributed by atoms with Crippen LogP contribution in [0.5, 0.6) is 0 Å². The monoisotopic (exact) mass is 495 g/mol. The molecule has 0 atom stereocenters. The molecule has 4 rings (SSSR count). The number of carbonyl (C=O) groups excluding carboxylic acids is 4. The Bertz CT molecular complexity index is 1150. The van der Waals surface area contributed by atoms with Gasteiger partial charge in [-0.1, -0.05) is 0 Å². The highest BCUT2D eigenvalue weighted by Gasteiger charge is 2.25. The predicted octanol–water partition coefficient (Wildman–Crippen LogP) is 3.26. The molecule has 0 aromatic heterocycles. The van der Waals surface area contributed by atoms with Gasteiger partial charge in [-0.2, -0.15) is 0 Å². The van der Waals surface area contributed by atoms with Gasteiger partial charge in [0.15, 0.2) is 0 Å². The van der Waals surface area contributed by atoms with E-state index in [1.54, 1.807) is 28.0 Å². The van der Waals surface area contributed by atoms with Crippen molar-refractivity contribution in [2.24, 2.45) is 5.92 Å². The van der Waals surface area contributed by atoms with E-state index in [1.807, 2.05) is 6.92 Å². The molecular weight excluding hydrogens is 465 g/mol. The van der Waals surface area contributed by atoms with Crippen LogP contribution in [0.25, 0.3) is 0 Å².